The summed E-state index contributed by atoms with van der Waals surface area (Å²) in [5.74, 6) is -0.188. The van der Waals surface area contributed by atoms with Gasteiger partial charge in [0.25, 0.3) is 0 Å². The lowest BCUT2D eigenvalue weighted by Gasteiger charge is -2.08. The Morgan fingerprint density at radius 3 is 2.17 bits per heavy atom. The molecule has 3 rings (SSSR count). The maximum Gasteiger partial charge on any atom is 0.335 e. The zero-order valence-corrected chi connectivity index (χ0v) is 14.4. The summed E-state index contributed by atoms with van der Waals surface area (Å²) >= 11 is 3.43. The number of carboxylic acids is 1. The molecule has 3 aromatic carbocycles. The Hall–Kier alpha value is -2.59. The molecule has 0 aliphatic rings. The number of benzene rings is 3. The molecule has 120 valence electrons. The number of hydrogen-bond acceptors (Lipinski definition) is 2. The first-order chi connectivity index (χ1) is 11.6. The average Bonchev–Trinajstić information content (AvgIpc) is 2.61. The second-order valence-corrected chi connectivity index (χ2v) is 6.24. The number of aromatic carboxylic acids is 1. The fourth-order valence-electron chi connectivity index (χ4n) is 2.35. The molecule has 0 spiro atoms. The molecule has 0 saturated heterocycles. The molecule has 0 aliphatic carbocycles. The summed E-state index contributed by atoms with van der Waals surface area (Å²) in [5, 5.41) is 9.01. The van der Waals surface area contributed by atoms with Crippen molar-refractivity contribution >= 4 is 21.9 Å². The van der Waals surface area contributed by atoms with Crippen LogP contribution in [0.2, 0.25) is 0 Å². The summed E-state index contributed by atoms with van der Waals surface area (Å²) in [5.41, 5.74) is 3.34. The molecule has 0 unspecified atom stereocenters. The Bertz CT molecular complexity index is 840. The van der Waals surface area contributed by atoms with Gasteiger partial charge in [-0.3, -0.25) is 0 Å². The SMILES string of the molecule is O=C(O)c1cccc(COc2ccc(-c3ccc(Br)cc3)cc2)c1. The molecule has 0 aromatic heterocycles. The largest absolute Gasteiger partial charge is 0.489 e. The van der Waals surface area contributed by atoms with Gasteiger partial charge >= 0.3 is 5.97 Å². The van der Waals surface area contributed by atoms with E-state index in [0.717, 1.165) is 26.9 Å². The molecule has 0 saturated carbocycles. The van der Waals surface area contributed by atoms with Crippen LogP contribution in [0.4, 0.5) is 0 Å². The fraction of sp³-hybridized carbons (Fsp3) is 0.0500. The van der Waals surface area contributed by atoms with Crippen LogP contribution in [0.5, 0.6) is 5.75 Å². The second-order valence-electron chi connectivity index (χ2n) is 5.33. The Morgan fingerprint density at radius 1 is 0.917 bits per heavy atom. The van der Waals surface area contributed by atoms with E-state index in [4.69, 9.17) is 9.84 Å². The van der Waals surface area contributed by atoms with E-state index in [0.29, 0.717) is 6.61 Å². The minimum atomic E-state index is -0.935. The van der Waals surface area contributed by atoms with E-state index in [1.165, 1.54) is 0 Å². The van der Waals surface area contributed by atoms with E-state index in [-0.39, 0.29) is 5.56 Å². The Labute approximate surface area is 148 Å². The second kappa shape index (κ2) is 7.32. The van der Waals surface area contributed by atoms with Gasteiger partial charge in [-0.2, -0.15) is 0 Å². The van der Waals surface area contributed by atoms with E-state index in [1.807, 2.05) is 42.5 Å². The van der Waals surface area contributed by atoms with Crippen molar-refractivity contribution in [3.8, 4) is 16.9 Å². The summed E-state index contributed by atoms with van der Waals surface area (Å²) in [6.07, 6.45) is 0. The third-order valence-corrected chi connectivity index (χ3v) is 4.14. The van der Waals surface area contributed by atoms with Crippen LogP contribution in [-0.4, -0.2) is 11.1 Å². The maximum atomic E-state index is 11.0. The molecule has 0 radical (unpaired) electrons. The van der Waals surface area contributed by atoms with Gasteiger partial charge in [0.2, 0.25) is 0 Å². The van der Waals surface area contributed by atoms with Crippen LogP contribution in [0.3, 0.4) is 0 Å². The van der Waals surface area contributed by atoms with Crippen molar-refractivity contribution in [3.63, 3.8) is 0 Å². The third-order valence-electron chi connectivity index (χ3n) is 3.61. The predicted molar refractivity (Wildman–Crippen MR) is 97.3 cm³/mol. The Morgan fingerprint density at radius 2 is 1.54 bits per heavy atom. The topological polar surface area (TPSA) is 46.5 Å². The number of ether oxygens (including phenoxy) is 1. The minimum Gasteiger partial charge on any atom is -0.489 e. The quantitative estimate of drug-likeness (QED) is 0.642. The van der Waals surface area contributed by atoms with Crippen LogP contribution >= 0.6 is 15.9 Å². The van der Waals surface area contributed by atoms with Gasteiger partial charge in [-0.1, -0.05) is 52.3 Å². The van der Waals surface area contributed by atoms with Gasteiger partial charge in [-0.05, 0) is 53.1 Å². The number of carboxylic acid groups (broad SMARTS) is 1. The zero-order chi connectivity index (χ0) is 16.9. The third kappa shape index (κ3) is 4.03. The van der Waals surface area contributed by atoms with Crippen LogP contribution in [0.1, 0.15) is 15.9 Å². The molecule has 1 N–H and O–H groups in total. The molecule has 4 heteroatoms. The number of rotatable bonds is 5. The lowest BCUT2D eigenvalue weighted by molar-refractivity contribution is 0.0696. The van der Waals surface area contributed by atoms with Crippen molar-refractivity contribution in [3.05, 3.63) is 88.4 Å². The maximum absolute atomic E-state index is 11.0. The van der Waals surface area contributed by atoms with Gasteiger partial charge in [0.05, 0.1) is 5.56 Å². The molecule has 0 atom stereocenters. The zero-order valence-electron chi connectivity index (χ0n) is 12.8. The molecule has 0 heterocycles. The predicted octanol–water partition coefficient (Wildman–Crippen LogP) is 5.39. The highest BCUT2D eigenvalue weighted by atomic mass is 79.9. The van der Waals surface area contributed by atoms with Crippen LogP contribution in [-0.2, 0) is 6.61 Å². The van der Waals surface area contributed by atoms with Crippen molar-refractivity contribution in [2.24, 2.45) is 0 Å². The Balaban J connectivity index is 1.67. The summed E-state index contributed by atoms with van der Waals surface area (Å²) < 4.78 is 6.79. The molecule has 3 nitrogen and oxygen atoms in total. The first kappa shape index (κ1) is 16.3. The number of hydrogen-bond donors (Lipinski definition) is 1. The van der Waals surface area contributed by atoms with Gasteiger partial charge in [0, 0.05) is 4.47 Å². The van der Waals surface area contributed by atoms with Crippen LogP contribution in [0.25, 0.3) is 11.1 Å². The van der Waals surface area contributed by atoms with Crippen LogP contribution < -0.4 is 4.74 Å². The molecule has 0 amide bonds. The van der Waals surface area contributed by atoms with Gasteiger partial charge in [-0.15, -0.1) is 0 Å². The number of carbonyl (C=O) groups is 1. The molecule has 0 bridgehead atoms. The molecular formula is C20H15BrO3. The van der Waals surface area contributed by atoms with Crippen molar-refractivity contribution in [2.75, 3.05) is 0 Å². The van der Waals surface area contributed by atoms with E-state index in [1.54, 1.807) is 18.2 Å². The molecule has 0 aliphatic heterocycles. The highest BCUT2D eigenvalue weighted by Crippen LogP contribution is 2.24. The lowest BCUT2D eigenvalue weighted by Crippen LogP contribution is -2.00. The summed E-state index contributed by atoms with van der Waals surface area (Å²) in [6, 6.07) is 22.7. The lowest BCUT2D eigenvalue weighted by atomic mass is 10.1. The standard InChI is InChI=1S/C20H15BrO3/c21-18-8-4-15(5-9-18)16-6-10-19(11-7-16)24-13-14-2-1-3-17(12-14)20(22)23/h1-12H,13H2,(H,22,23). The molecule has 3 aromatic rings. The van der Waals surface area contributed by atoms with Gasteiger partial charge in [-0.25, -0.2) is 4.79 Å². The molecular weight excluding hydrogens is 368 g/mol. The van der Waals surface area contributed by atoms with E-state index in [2.05, 4.69) is 28.1 Å². The highest BCUT2D eigenvalue weighted by molar-refractivity contribution is 9.10. The van der Waals surface area contributed by atoms with Crippen LogP contribution in [0.15, 0.2) is 77.3 Å². The molecule has 24 heavy (non-hydrogen) atoms. The number of halogens is 1. The van der Waals surface area contributed by atoms with Gasteiger partial charge in [0.1, 0.15) is 12.4 Å². The van der Waals surface area contributed by atoms with E-state index < -0.39 is 5.97 Å². The first-order valence-corrected chi connectivity index (χ1v) is 8.22. The summed E-state index contributed by atoms with van der Waals surface area (Å²) in [4.78, 5) is 11.0. The van der Waals surface area contributed by atoms with Crippen molar-refractivity contribution in [2.45, 2.75) is 6.61 Å². The molecule has 0 fully saturated rings. The first-order valence-electron chi connectivity index (χ1n) is 7.43. The normalized spacial score (nSPS) is 10.4. The average molecular weight is 383 g/mol. The van der Waals surface area contributed by atoms with E-state index in [9.17, 15) is 4.79 Å². The minimum absolute atomic E-state index is 0.265. The smallest absolute Gasteiger partial charge is 0.335 e. The fourth-order valence-corrected chi connectivity index (χ4v) is 2.61. The highest BCUT2D eigenvalue weighted by Gasteiger charge is 2.04. The van der Waals surface area contributed by atoms with E-state index >= 15 is 0 Å². The van der Waals surface area contributed by atoms with Crippen molar-refractivity contribution in [1.82, 2.24) is 0 Å². The van der Waals surface area contributed by atoms with Crippen molar-refractivity contribution in [1.29, 1.82) is 0 Å². The van der Waals surface area contributed by atoms with Crippen LogP contribution in [0, 0.1) is 0 Å². The van der Waals surface area contributed by atoms with Gasteiger partial charge < -0.3 is 9.84 Å². The monoisotopic (exact) mass is 382 g/mol. The Kier molecular flexibility index (Phi) is 4.96. The summed E-state index contributed by atoms with van der Waals surface area (Å²) in [7, 11) is 0. The van der Waals surface area contributed by atoms with Crippen molar-refractivity contribution < 1.29 is 14.6 Å². The van der Waals surface area contributed by atoms with Gasteiger partial charge in [0.15, 0.2) is 0 Å². The summed E-state index contributed by atoms with van der Waals surface area (Å²) in [6.45, 7) is 0.332.